The van der Waals surface area contributed by atoms with Crippen LogP contribution in [0.2, 0.25) is 0 Å². The predicted molar refractivity (Wildman–Crippen MR) is 130 cm³/mol. The molecule has 0 radical (unpaired) electrons. The molecule has 9 nitrogen and oxygen atoms in total. The number of ether oxygens (including phenoxy) is 3. The lowest BCUT2D eigenvalue weighted by molar-refractivity contribution is -0.282. The molecule has 0 saturated carbocycles. The smallest absolute Gasteiger partial charge is 0.431 e. The van der Waals surface area contributed by atoms with Gasteiger partial charge in [0.2, 0.25) is 0 Å². The summed E-state index contributed by atoms with van der Waals surface area (Å²) < 4.78 is 35.9. The summed E-state index contributed by atoms with van der Waals surface area (Å²) in [5.41, 5.74) is 0.755. The minimum atomic E-state index is -3.82. The van der Waals surface area contributed by atoms with Crippen LogP contribution in [0.25, 0.3) is 0 Å². The van der Waals surface area contributed by atoms with E-state index in [-0.39, 0.29) is 6.61 Å². The fraction of sp³-hybridized carbons (Fsp3) is 0.269. The zero-order valence-electron chi connectivity index (χ0n) is 19.2. The van der Waals surface area contributed by atoms with Gasteiger partial charge >= 0.3 is 6.16 Å². The molecule has 1 unspecified atom stereocenters. The molecule has 1 saturated heterocycles. The molecule has 0 spiro atoms. The summed E-state index contributed by atoms with van der Waals surface area (Å²) in [6, 6.07) is 25.8. The Kier molecular flexibility index (Phi) is 8.53. The van der Waals surface area contributed by atoms with Gasteiger partial charge in [-0.25, -0.2) is 4.79 Å². The average molecular weight is 514 g/mol. The summed E-state index contributed by atoms with van der Waals surface area (Å²) in [7, 11) is -3.82. The third-order valence-electron chi connectivity index (χ3n) is 5.69. The largest absolute Gasteiger partial charge is 0.508 e. The van der Waals surface area contributed by atoms with Gasteiger partial charge in [-0.2, -0.15) is 0 Å². The van der Waals surface area contributed by atoms with Crippen LogP contribution >= 0.6 is 7.37 Å². The van der Waals surface area contributed by atoms with Crippen LogP contribution in [-0.2, 0) is 29.9 Å². The number of hydrogen-bond acceptors (Lipinski definition) is 9. The van der Waals surface area contributed by atoms with E-state index >= 15 is 0 Å². The van der Waals surface area contributed by atoms with Gasteiger partial charge in [0.25, 0.3) is 7.37 Å². The van der Waals surface area contributed by atoms with Crippen molar-refractivity contribution in [2.45, 2.75) is 37.3 Å². The van der Waals surface area contributed by atoms with E-state index in [1.54, 1.807) is 84.9 Å². The first-order valence-electron chi connectivity index (χ1n) is 11.3. The van der Waals surface area contributed by atoms with Crippen molar-refractivity contribution < 1.29 is 43.4 Å². The molecule has 190 valence electrons. The van der Waals surface area contributed by atoms with Crippen LogP contribution in [0.15, 0.2) is 91.0 Å². The van der Waals surface area contributed by atoms with Gasteiger partial charge in [-0.1, -0.05) is 66.7 Å². The van der Waals surface area contributed by atoms with Gasteiger partial charge < -0.3 is 34.1 Å². The minimum absolute atomic E-state index is 0.0215. The first kappa shape index (κ1) is 26.0. The van der Waals surface area contributed by atoms with Crippen molar-refractivity contribution in [3.05, 3.63) is 96.6 Å². The van der Waals surface area contributed by atoms with Crippen LogP contribution in [0.3, 0.4) is 0 Å². The maximum absolute atomic E-state index is 14.3. The molecule has 0 amide bonds. The number of rotatable bonds is 8. The van der Waals surface area contributed by atoms with Gasteiger partial charge in [-0.05, 0) is 29.8 Å². The van der Waals surface area contributed by atoms with Gasteiger partial charge in [0, 0.05) is 10.6 Å². The molecule has 36 heavy (non-hydrogen) atoms. The Morgan fingerprint density at radius 1 is 0.778 bits per heavy atom. The Morgan fingerprint density at radius 2 is 1.31 bits per heavy atom. The van der Waals surface area contributed by atoms with Gasteiger partial charge in [-0.3, -0.25) is 4.57 Å². The van der Waals surface area contributed by atoms with Crippen LogP contribution in [0.5, 0.6) is 0 Å². The van der Waals surface area contributed by atoms with Gasteiger partial charge in [0.1, 0.15) is 37.6 Å². The zero-order valence-corrected chi connectivity index (χ0v) is 20.1. The van der Waals surface area contributed by atoms with E-state index in [2.05, 4.69) is 0 Å². The quantitative estimate of drug-likeness (QED) is 0.305. The molecule has 0 aliphatic carbocycles. The molecule has 0 bridgehead atoms. The molecule has 3 aromatic carbocycles. The number of benzene rings is 3. The van der Waals surface area contributed by atoms with Gasteiger partial charge in [0.05, 0.1) is 0 Å². The minimum Gasteiger partial charge on any atom is -0.431 e. The third-order valence-corrected chi connectivity index (χ3v) is 8.18. The normalized spacial score (nSPS) is 24.1. The highest BCUT2D eigenvalue weighted by Crippen LogP contribution is 2.48. The highest BCUT2D eigenvalue weighted by Gasteiger charge is 2.48. The topological polar surface area (TPSA) is 132 Å². The van der Waals surface area contributed by atoms with Crippen molar-refractivity contribution in [2.75, 3.05) is 6.61 Å². The van der Waals surface area contributed by atoms with Crippen LogP contribution in [0.4, 0.5) is 4.79 Å². The van der Waals surface area contributed by atoms with Crippen LogP contribution < -0.4 is 10.6 Å². The maximum Gasteiger partial charge on any atom is 0.508 e. The van der Waals surface area contributed by atoms with E-state index in [9.17, 15) is 24.7 Å². The van der Waals surface area contributed by atoms with E-state index < -0.39 is 50.8 Å². The number of carbonyl (C=O) groups excluding carboxylic acids is 1. The molecule has 10 heteroatoms. The lowest BCUT2D eigenvalue weighted by Crippen LogP contribution is -2.59. The second-order valence-electron chi connectivity index (χ2n) is 8.17. The highest BCUT2D eigenvalue weighted by atomic mass is 31.2. The fourth-order valence-electron chi connectivity index (χ4n) is 3.78. The monoisotopic (exact) mass is 514 g/mol. The fourth-order valence-corrected chi connectivity index (χ4v) is 6.06. The van der Waals surface area contributed by atoms with Crippen molar-refractivity contribution in [3.63, 3.8) is 0 Å². The molecule has 1 fully saturated rings. The molecule has 3 aromatic rings. The SMILES string of the molecule is O=C(OCc1ccccc1)OC[C@H]1OC(O)[C@H](O)[C@@H](O)[C@@H]1OP(=O)(c1ccccc1)c1ccccc1. The Morgan fingerprint density at radius 3 is 1.86 bits per heavy atom. The van der Waals surface area contributed by atoms with Crippen molar-refractivity contribution in [2.24, 2.45) is 0 Å². The Bertz CT molecular complexity index is 1120. The second kappa shape index (κ2) is 11.8. The van der Waals surface area contributed by atoms with Gasteiger partial charge in [-0.15, -0.1) is 0 Å². The van der Waals surface area contributed by atoms with E-state index in [1.165, 1.54) is 0 Å². The van der Waals surface area contributed by atoms with E-state index in [0.29, 0.717) is 10.6 Å². The van der Waals surface area contributed by atoms with Crippen molar-refractivity contribution in [1.29, 1.82) is 0 Å². The third kappa shape index (κ3) is 6.02. The first-order valence-corrected chi connectivity index (χ1v) is 12.9. The Hall–Kier alpha value is -3.04. The lowest BCUT2D eigenvalue weighted by atomic mass is 9.99. The molecular weight excluding hydrogens is 487 g/mol. The summed E-state index contributed by atoms with van der Waals surface area (Å²) in [6.07, 6.45) is -8.90. The van der Waals surface area contributed by atoms with Crippen molar-refractivity contribution in [1.82, 2.24) is 0 Å². The number of aliphatic hydroxyl groups is 3. The summed E-state index contributed by atoms with van der Waals surface area (Å²) in [5, 5.41) is 31.7. The van der Waals surface area contributed by atoms with E-state index in [0.717, 1.165) is 5.56 Å². The standard InChI is InChI=1S/C26H27O9P/c27-22-23(28)25(29)34-21(17-33-26(30)32-16-18-10-4-1-5-11-18)24(22)35-36(31,19-12-6-2-7-13-19)20-14-8-3-9-15-20/h1-15,21-25,27-29H,16-17H2/t21-,22-,23-,24-,25?/m1/s1. The number of hydrogen-bond donors (Lipinski definition) is 3. The molecule has 3 N–H and O–H groups in total. The van der Waals surface area contributed by atoms with Crippen molar-refractivity contribution in [3.8, 4) is 0 Å². The molecule has 1 heterocycles. The summed E-state index contributed by atoms with van der Waals surface area (Å²) >= 11 is 0. The second-order valence-corrected chi connectivity index (χ2v) is 10.5. The number of carbonyl (C=O) groups is 1. The Balaban J connectivity index is 1.53. The number of aliphatic hydroxyl groups excluding tert-OH is 3. The van der Waals surface area contributed by atoms with E-state index in [4.69, 9.17) is 18.7 Å². The van der Waals surface area contributed by atoms with Crippen molar-refractivity contribution >= 4 is 24.1 Å². The van der Waals surface area contributed by atoms with Crippen LogP contribution in [-0.4, -0.2) is 58.8 Å². The average Bonchev–Trinajstić information content (AvgIpc) is 2.92. The molecule has 1 aliphatic rings. The molecule has 1 aliphatic heterocycles. The summed E-state index contributed by atoms with van der Waals surface area (Å²) in [4.78, 5) is 12.2. The molecular formula is C26H27O9P. The van der Waals surface area contributed by atoms with E-state index in [1.807, 2.05) is 6.07 Å². The predicted octanol–water partition coefficient (Wildman–Crippen LogP) is 2.09. The van der Waals surface area contributed by atoms with Gasteiger partial charge in [0.15, 0.2) is 6.29 Å². The molecule has 4 rings (SSSR count). The molecule has 0 aromatic heterocycles. The highest BCUT2D eigenvalue weighted by molar-refractivity contribution is 7.74. The van der Waals surface area contributed by atoms with Crippen LogP contribution in [0, 0.1) is 0 Å². The first-order chi connectivity index (χ1) is 17.4. The summed E-state index contributed by atoms with van der Waals surface area (Å²) in [6.45, 7) is -0.519. The van der Waals surface area contributed by atoms with Crippen LogP contribution in [0.1, 0.15) is 5.56 Å². The zero-order chi connectivity index (χ0) is 25.5. The molecule has 5 atom stereocenters. The summed E-state index contributed by atoms with van der Waals surface area (Å²) in [5.74, 6) is 0. The lowest BCUT2D eigenvalue weighted by Gasteiger charge is -2.41. The maximum atomic E-state index is 14.3. The Labute approximate surface area is 208 Å².